The number of aromatic nitrogens is 1. The second kappa shape index (κ2) is 9.17. The number of hydrogen-bond donors (Lipinski definition) is 0. The highest BCUT2D eigenvalue weighted by Crippen LogP contribution is 2.27. The van der Waals surface area contributed by atoms with E-state index in [-0.39, 0.29) is 10.9 Å². The summed E-state index contributed by atoms with van der Waals surface area (Å²) in [5, 5.41) is 0. The summed E-state index contributed by atoms with van der Waals surface area (Å²) in [5.41, 5.74) is 1.24. The Morgan fingerprint density at radius 1 is 1.19 bits per heavy atom. The highest BCUT2D eigenvalue weighted by atomic mass is 32.2. The zero-order chi connectivity index (χ0) is 22.9. The molecule has 0 saturated carbocycles. The third-order valence-electron chi connectivity index (χ3n) is 5.73. The molecule has 0 aliphatic carbocycles. The molecule has 1 fully saturated rings. The zero-order valence-corrected chi connectivity index (χ0v) is 20.1. The molecule has 32 heavy (non-hydrogen) atoms. The second-order valence-corrected chi connectivity index (χ2v) is 10.8. The number of amides is 1. The lowest BCUT2D eigenvalue weighted by Gasteiger charge is -2.32. The smallest absolute Gasteiger partial charge is 0.279 e. The van der Waals surface area contributed by atoms with Gasteiger partial charge in [0.05, 0.1) is 16.2 Å². The molecule has 9 heteroatoms. The highest BCUT2D eigenvalue weighted by Gasteiger charge is 2.30. The first-order valence-corrected chi connectivity index (χ1v) is 13.0. The van der Waals surface area contributed by atoms with E-state index in [2.05, 4.69) is 4.99 Å². The first-order chi connectivity index (χ1) is 15.3. The average Bonchev–Trinajstić information content (AvgIpc) is 3.10. The summed E-state index contributed by atoms with van der Waals surface area (Å²) in [6.07, 6.45) is 2.78. The highest BCUT2D eigenvalue weighted by molar-refractivity contribution is 7.89. The van der Waals surface area contributed by atoms with Crippen molar-refractivity contribution in [3.05, 3.63) is 52.8 Å². The molecule has 0 bridgehead atoms. The van der Waals surface area contributed by atoms with Gasteiger partial charge in [-0.1, -0.05) is 23.8 Å². The van der Waals surface area contributed by atoms with Gasteiger partial charge in [-0.05, 0) is 63.1 Å². The van der Waals surface area contributed by atoms with E-state index in [0.717, 1.165) is 35.2 Å². The Morgan fingerprint density at radius 2 is 1.94 bits per heavy atom. The van der Waals surface area contributed by atoms with Crippen LogP contribution in [0.3, 0.4) is 0 Å². The van der Waals surface area contributed by atoms with Crippen LogP contribution in [0.4, 0.5) is 0 Å². The fraction of sp³-hybridized carbons (Fsp3) is 0.391. The van der Waals surface area contributed by atoms with Crippen molar-refractivity contribution in [1.82, 2.24) is 8.87 Å². The largest absolute Gasteiger partial charge is 0.492 e. The molecule has 170 valence electrons. The quantitative estimate of drug-likeness (QED) is 0.562. The van der Waals surface area contributed by atoms with Gasteiger partial charge in [0, 0.05) is 25.2 Å². The number of carbonyl (C=O) groups is 1. The topological polar surface area (TPSA) is 81.0 Å². The van der Waals surface area contributed by atoms with E-state index in [1.165, 1.54) is 35.6 Å². The number of piperidine rings is 1. The van der Waals surface area contributed by atoms with Gasteiger partial charge in [0.15, 0.2) is 4.80 Å². The minimum absolute atomic E-state index is 0.0143. The number of benzene rings is 2. The van der Waals surface area contributed by atoms with Crippen LogP contribution in [0, 0.1) is 0 Å². The summed E-state index contributed by atoms with van der Waals surface area (Å²) in [5.74, 6) is 0.333. The van der Waals surface area contributed by atoms with Crippen molar-refractivity contribution in [2.24, 2.45) is 12.0 Å². The molecule has 2 aromatic carbocycles. The fourth-order valence-electron chi connectivity index (χ4n) is 4.03. The summed E-state index contributed by atoms with van der Waals surface area (Å²) in [6, 6.07) is 11.8. The number of carbonyl (C=O) groups excluding carboxylic acids is 1. The van der Waals surface area contributed by atoms with Gasteiger partial charge in [-0.15, -0.1) is 0 Å². The maximum Gasteiger partial charge on any atom is 0.279 e. The lowest BCUT2D eigenvalue weighted by molar-refractivity contribution is 0.0998. The first-order valence-electron chi connectivity index (χ1n) is 10.7. The molecule has 0 spiro atoms. The Kier molecular flexibility index (Phi) is 6.50. The van der Waals surface area contributed by atoms with Crippen molar-refractivity contribution >= 4 is 37.5 Å². The van der Waals surface area contributed by atoms with Crippen LogP contribution < -0.4 is 9.54 Å². The molecule has 0 N–H and O–H groups in total. The van der Waals surface area contributed by atoms with Crippen LogP contribution in [0.5, 0.6) is 5.75 Å². The lowest BCUT2D eigenvalue weighted by atomic mass is 10.1. The van der Waals surface area contributed by atoms with Crippen LogP contribution in [0.2, 0.25) is 0 Å². The van der Waals surface area contributed by atoms with Gasteiger partial charge in [0.1, 0.15) is 11.3 Å². The number of nitrogens with zero attached hydrogens (tertiary/aromatic N) is 3. The van der Waals surface area contributed by atoms with Crippen molar-refractivity contribution in [2.45, 2.75) is 44.0 Å². The van der Waals surface area contributed by atoms with E-state index in [9.17, 15) is 13.2 Å². The molecular formula is C23H27N3O4S2. The van der Waals surface area contributed by atoms with E-state index < -0.39 is 15.9 Å². The van der Waals surface area contributed by atoms with Gasteiger partial charge in [-0.3, -0.25) is 4.79 Å². The van der Waals surface area contributed by atoms with Gasteiger partial charge in [-0.25, -0.2) is 8.42 Å². The van der Waals surface area contributed by atoms with Crippen molar-refractivity contribution < 1.29 is 17.9 Å². The molecule has 1 unspecified atom stereocenters. The molecule has 1 aliphatic rings. The summed E-state index contributed by atoms with van der Waals surface area (Å²) in [6.45, 7) is 4.95. The van der Waals surface area contributed by atoms with Gasteiger partial charge >= 0.3 is 0 Å². The van der Waals surface area contributed by atoms with Gasteiger partial charge in [0.2, 0.25) is 10.0 Å². The first kappa shape index (κ1) is 22.7. The summed E-state index contributed by atoms with van der Waals surface area (Å²) in [4.78, 5) is 17.8. The van der Waals surface area contributed by atoms with E-state index in [1.807, 2.05) is 43.7 Å². The van der Waals surface area contributed by atoms with Crippen LogP contribution in [0.1, 0.15) is 43.5 Å². The Balaban J connectivity index is 1.63. The standard InChI is InChI=1S/C23H27N3O4S2/c1-4-30-19-9-7-10-20-21(19)25(3)23(31-20)24-22(27)17-11-13-18(14-12-17)32(28,29)26-15-6-5-8-16(26)2/h7,9-14,16H,4-6,8,15H2,1-3H3. The molecule has 1 saturated heterocycles. The van der Waals surface area contributed by atoms with Crippen LogP contribution in [0.15, 0.2) is 52.4 Å². The van der Waals surface area contributed by atoms with Crippen LogP contribution >= 0.6 is 11.3 Å². The van der Waals surface area contributed by atoms with Crippen LogP contribution in [-0.4, -0.2) is 42.4 Å². The average molecular weight is 474 g/mol. The predicted molar refractivity (Wildman–Crippen MR) is 126 cm³/mol. The molecule has 1 atom stereocenters. The van der Waals surface area contributed by atoms with E-state index in [0.29, 0.717) is 23.5 Å². The number of thiazole rings is 1. The lowest BCUT2D eigenvalue weighted by Crippen LogP contribution is -2.41. The molecule has 4 rings (SSSR count). The Morgan fingerprint density at radius 3 is 2.62 bits per heavy atom. The summed E-state index contributed by atoms with van der Waals surface area (Å²) < 4.78 is 36.1. The SMILES string of the molecule is CCOc1cccc2sc(=NC(=O)c3ccc(S(=O)(=O)N4CCCCC4C)cc3)n(C)c12. The van der Waals surface area contributed by atoms with Crippen molar-refractivity contribution in [3.63, 3.8) is 0 Å². The van der Waals surface area contributed by atoms with Gasteiger partial charge < -0.3 is 9.30 Å². The van der Waals surface area contributed by atoms with Gasteiger partial charge in [-0.2, -0.15) is 9.30 Å². The normalized spacial score (nSPS) is 18.2. The second-order valence-electron chi connectivity index (χ2n) is 7.88. The number of aryl methyl sites for hydroxylation is 1. The molecule has 1 amide bonds. The molecule has 1 aliphatic heterocycles. The minimum Gasteiger partial charge on any atom is -0.492 e. The van der Waals surface area contributed by atoms with E-state index in [1.54, 1.807) is 4.31 Å². The Hall–Kier alpha value is -2.49. The third-order valence-corrected chi connectivity index (χ3v) is 8.86. The van der Waals surface area contributed by atoms with Gasteiger partial charge in [0.25, 0.3) is 5.91 Å². The molecule has 2 heterocycles. The maximum absolute atomic E-state index is 13.0. The molecular weight excluding hydrogens is 446 g/mol. The van der Waals surface area contributed by atoms with Crippen LogP contribution in [0.25, 0.3) is 10.2 Å². The number of hydrogen-bond acceptors (Lipinski definition) is 5. The van der Waals surface area contributed by atoms with Crippen molar-refractivity contribution in [2.75, 3.05) is 13.2 Å². The van der Waals surface area contributed by atoms with Crippen LogP contribution in [-0.2, 0) is 17.1 Å². The monoisotopic (exact) mass is 473 g/mol. The fourth-order valence-corrected chi connectivity index (χ4v) is 6.77. The third kappa shape index (κ3) is 4.24. The summed E-state index contributed by atoms with van der Waals surface area (Å²) in [7, 11) is -1.72. The molecule has 0 radical (unpaired) electrons. The van der Waals surface area contributed by atoms with Crippen molar-refractivity contribution in [3.8, 4) is 5.75 Å². The number of para-hydroxylation sites is 1. The molecule has 3 aromatic rings. The maximum atomic E-state index is 13.0. The predicted octanol–water partition coefficient (Wildman–Crippen LogP) is 3.94. The number of ether oxygens (including phenoxy) is 1. The molecule has 7 nitrogen and oxygen atoms in total. The Labute approximate surface area is 192 Å². The Bertz CT molecular complexity index is 1310. The van der Waals surface area contributed by atoms with E-state index >= 15 is 0 Å². The number of rotatable bonds is 5. The summed E-state index contributed by atoms with van der Waals surface area (Å²) >= 11 is 1.41. The molecule has 1 aromatic heterocycles. The van der Waals surface area contributed by atoms with Crippen molar-refractivity contribution in [1.29, 1.82) is 0 Å². The number of sulfonamides is 1. The number of fused-ring (bicyclic) bond motifs is 1. The minimum atomic E-state index is -3.57. The zero-order valence-electron chi connectivity index (χ0n) is 18.4. The van der Waals surface area contributed by atoms with E-state index in [4.69, 9.17) is 4.74 Å².